The first-order valence-electron chi connectivity index (χ1n) is 9.86. The van der Waals surface area contributed by atoms with Crippen molar-refractivity contribution in [2.45, 2.75) is 13.5 Å². The third-order valence-electron chi connectivity index (χ3n) is 5.79. The molecule has 1 aromatic carbocycles. The average Bonchev–Trinajstić information content (AvgIpc) is 3.13. The van der Waals surface area contributed by atoms with Gasteiger partial charge in [0.05, 0.1) is 11.6 Å². The van der Waals surface area contributed by atoms with E-state index in [2.05, 4.69) is 24.9 Å². The summed E-state index contributed by atoms with van der Waals surface area (Å²) < 4.78 is 7.11. The molecule has 0 atom stereocenters. The van der Waals surface area contributed by atoms with E-state index in [9.17, 15) is 9.90 Å². The number of benzene rings is 1. The number of piperazine rings is 1. The van der Waals surface area contributed by atoms with Gasteiger partial charge in [0.15, 0.2) is 5.65 Å². The highest BCUT2D eigenvalue weighted by Gasteiger charge is 2.22. The lowest BCUT2D eigenvalue weighted by Crippen LogP contribution is -2.46. The molecule has 1 fully saturated rings. The highest BCUT2D eigenvalue weighted by Crippen LogP contribution is 2.28. The first-order valence-corrected chi connectivity index (χ1v) is 9.86. The zero-order valence-electron chi connectivity index (χ0n) is 16.9. The van der Waals surface area contributed by atoms with Crippen LogP contribution < -0.4 is 10.5 Å². The number of anilines is 1. The molecule has 0 bridgehead atoms. The molecule has 5 rings (SSSR count). The van der Waals surface area contributed by atoms with E-state index >= 15 is 0 Å². The first-order chi connectivity index (χ1) is 14.5. The Bertz CT molecular complexity index is 1300. The minimum Gasteiger partial charge on any atom is -0.508 e. The fourth-order valence-corrected chi connectivity index (χ4v) is 4.11. The van der Waals surface area contributed by atoms with Gasteiger partial charge in [-0.05, 0) is 24.6 Å². The van der Waals surface area contributed by atoms with E-state index in [0.29, 0.717) is 17.7 Å². The van der Waals surface area contributed by atoms with Crippen molar-refractivity contribution in [3.05, 3.63) is 52.3 Å². The molecule has 0 spiro atoms. The molecule has 0 aliphatic carbocycles. The standard InChI is InChI=1S/C21H22N6O3/c1-13-17(28)4-3-15-14(9-18(29)30-19(13)15)11-26-5-7-27(8-6-26)21-16-10-24-25(2)20(16)22-12-23-21/h3-4,9-10,12,28H,5-8,11H2,1-2H3. The highest BCUT2D eigenvalue weighted by atomic mass is 16.4. The number of hydrogen-bond acceptors (Lipinski definition) is 8. The number of fused-ring (bicyclic) bond motifs is 2. The normalized spacial score (nSPS) is 15.3. The Balaban J connectivity index is 1.37. The van der Waals surface area contributed by atoms with Crippen LogP contribution in [0.25, 0.3) is 22.0 Å². The topological polar surface area (TPSA) is 101 Å². The monoisotopic (exact) mass is 406 g/mol. The van der Waals surface area contributed by atoms with E-state index in [-0.39, 0.29) is 5.75 Å². The Morgan fingerprint density at radius 1 is 1.13 bits per heavy atom. The van der Waals surface area contributed by atoms with Crippen molar-refractivity contribution in [2.75, 3.05) is 31.1 Å². The quantitative estimate of drug-likeness (QED) is 0.514. The second-order valence-corrected chi connectivity index (χ2v) is 7.64. The van der Waals surface area contributed by atoms with Crippen molar-refractivity contribution in [3.63, 3.8) is 0 Å². The van der Waals surface area contributed by atoms with Crippen LogP contribution in [0.15, 0.2) is 39.9 Å². The lowest BCUT2D eigenvalue weighted by Gasteiger charge is -2.35. The molecular weight excluding hydrogens is 384 g/mol. The number of aromatic nitrogens is 4. The second-order valence-electron chi connectivity index (χ2n) is 7.64. The van der Waals surface area contributed by atoms with Crippen molar-refractivity contribution in [1.82, 2.24) is 24.6 Å². The van der Waals surface area contributed by atoms with Gasteiger partial charge in [-0.2, -0.15) is 5.10 Å². The first kappa shape index (κ1) is 18.6. The number of aryl methyl sites for hydroxylation is 2. The molecular formula is C21H22N6O3. The van der Waals surface area contributed by atoms with Gasteiger partial charge in [-0.3, -0.25) is 9.58 Å². The second kappa shape index (κ2) is 7.10. The van der Waals surface area contributed by atoms with E-state index in [1.165, 1.54) is 0 Å². The van der Waals surface area contributed by atoms with E-state index < -0.39 is 5.63 Å². The predicted octanol–water partition coefficient (Wildman–Crippen LogP) is 1.81. The van der Waals surface area contributed by atoms with Crippen LogP contribution in [0.3, 0.4) is 0 Å². The molecule has 9 heteroatoms. The third-order valence-corrected chi connectivity index (χ3v) is 5.79. The fraction of sp³-hybridized carbons (Fsp3) is 0.333. The summed E-state index contributed by atoms with van der Waals surface area (Å²) in [5, 5.41) is 16.0. The Hall–Kier alpha value is -3.46. The van der Waals surface area contributed by atoms with Gasteiger partial charge in [-0.25, -0.2) is 14.8 Å². The summed E-state index contributed by atoms with van der Waals surface area (Å²) in [6.07, 6.45) is 3.39. The predicted molar refractivity (Wildman–Crippen MR) is 113 cm³/mol. The van der Waals surface area contributed by atoms with Crippen LogP contribution in [0.2, 0.25) is 0 Å². The Morgan fingerprint density at radius 3 is 2.73 bits per heavy atom. The zero-order chi connectivity index (χ0) is 20.8. The maximum Gasteiger partial charge on any atom is 0.336 e. The van der Waals surface area contributed by atoms with Gasteiger partial charge in [-0.15, -0.1) is 0 Å². The molecule has 0 radical (unpaired) electrons. The summed E-state index contributed by atoms with van der Waals surface area (Å²) in [6, 6.07) is 5.01. The number of hydrogen-bond donors (Lipinski definition) is 1. The SMILES string of the molecule is Cc1c(O)ccc2c(CN3CCN(c4ncnc5c4cnn5C)CC3)cc(=O)oc12. The van der Waals surface area contributed by atoms with Crippen molar-refractivity contribution < 1.29 is 9.52 Å². The van der Waals surface area contributed by atoms with Gasteiger partial charge in [0.25, 0.3) is 0 Å². The molecule has 1 N–H and O–H groups in total. The Morgan fingerprint density at radius 2 is 1.93 bits per heavy atom. The average molecular weight is 406 g/mol. The van der Waals surface area contributed by atoms with Crippen LogP contribution in [0, 0.1) is 6.92 Å². The molecule has 9 nitrogen and oxygen atoms in total. The van der Waals surface area contributed by atoms with Crippen molar-refractivity contribution >= 4 is 27.8 Å². The third kappa shape index (κ3) is 3.07. The van der Waals surface area contributed by atoms with Crippen molar-refractivity contribution in [2.24, 2.45) is 7.05 Å². The summed E-state index contributed by atoms with van der Waals surface area (Å²) in [4.78, 5) is 25.4. The summed E-state index contributed by atoms with van der Waals surface area (Å²) >= 11 is 0. The fourth-order valence-electron chi connectivity index (χ4n) is 4.11. The van der Waals surface area contributed by atoms with Crippen LogP contribution in [0.4, 0.5) is 5.82 Å². The molecule has 0 amide bonds. The molecule has 30 heavy (non-hydrogen) atoms. The molecule has 4 heterocycles. The van der Waals surface area contributed by atoms with E-state index in [1.54, 1.807) is 30.1 Å². The van der Waals surface area contributed by atoms with Crippen LogP contribution in [0.1, 0.15) is 11.1 Å². The number of aromatic hydroxyl groups is 1. The van der Waals surface area contributed by atoms with Crippen molar-refractivity contribution in [1.29, 1.82) is 0 Å². The molecule has 0 unspecified atom stereocenters. The van der Waals surface area contributed by atoms with Gasteiger partial charge in [-0.1, -0.05) is 0 Å². The lowest BCUT2D eigenvalue weighted by atomic mass is 10.1. The van der Waals surface area contributed by atoms with E-state index in [4.69, 9.17) is 4.42 Å². The van der Waals surface area contributed by atoms with Gasteiger partial charge in [0.1, 0.15) is 23.5 Å². The molecule has 1 aliphatic rings. The zero-order valence-corrected chi connectivity index (χ0v) is 16.9. The van der Waals surface area contributed by atoms with Gasteiger partial charge >= 0.3 is 5.63 Å². The number of phenols is 1. The minimum atomic E-state index is -0.398. The Kier molecular flexibility index (Phi) is 4.39. The largest absolute Gasteiger partial charge is 0.508 e. The van der Waals surface area contributed by atoms with Gasteiger partial charge < -0.3 is 14.4 Å². The summed E-state index contributed by atoms with van der Waals surface area (Å²) in [5.41, 5.74) is 2.37. The van der Waals surface area contributed by atoms with Crippen LogP contribution in [0.5, 0.6) is 5.75 Å². The Labute approximate surface area is 172 Å². The van der Waals surface area contributed by atoms with Gasteiger partial charge in [0, 0.05) is 56.8 Å². The maximum atomic E-state index is 12.1. The molecule has 0 saturated carbocycles. The van der Waals surface area contributed by atoms with Crippen molar-refractivity contribution in [3.8, 4) is 5.75 Å². The van der Waals surface area contributed by atoms with Crippen LogP contribution >= 0.6 is 0 Å². The summed E-state index contributed by atoms with van der Waals surface area (Å²) in [7, 11) is 1.87. The molecule has 1 aliphatic heterocycles. The smallest absolute Gasteiger partial charge is 0.336 e. The minimum absolute atomic E-state index is 0.128. The van der Waals surface area contributed by atoms with Crippen LogP contribution in [-0.2, 0) is 13.6 Å². The number of nitrogens with zero attached hydrogens (tertiary/aromatic N) is 6. The lowest BCUT2D eigenvalue weighted by molar-refractivity contribution is 0.250. The van der Waals surface area contributed by atoms with Crippen LogP contribution in [-0.4, -0.2) is 55.9 Å². The van der Waals surface area contributed by atoms with E-state index in [0.717, 1.165) is 54.0 Å². The summed E-state index contributed by atoms with van der Waals surface area (Å²) in [6.45, 7) is 5.71. The molecule has 154 valence electrons. The van der Waals surface area contributed by atoms with E-state index in [1.807, 2.05) is 19.3 Å². The number of rotatable bonds is 3. The molecule has 3 aromatic heterocycles. The molecule has 1 saturated heterocycles. The number of phenolic OH excluding ortho intramolecular Hbond substituents is 1. The van der Waals surface area contributed by atoms with Gasteiger partial charge in [0.2, 0.25) is 0 Å². The molecule has 4 aromatic rings. The highest BCUT2D eigenvalue weighted by molar-refractivity contribution is 5.87. The maximum absolute atomic E-state index is 12.1. The summed E-state index contributed by atoms with van der Waals surface area (Å²) in [5.74, 6) is 1.03.